The third-order valence-electron chi connectivity index (χ3n) is 3.28. The van der Waals surface area contributed by atoms with Crippen molar-refractivity contribution in [3.63, 3.8) is 0 Å². The Hall–Kier alpha value is -1.33. The first-order chi connectivity index (χ1) is 9.56. The molecule has 0 aliphatic carbocycles. The SMILES string of the molecule is CNc1ncnc(N(C)C(C)c2ccccc2Cl)c1Br. The minimum atomic E-state index is 0.0969. The number of halogens is 2. The van der Waals surface area contributed by atoms with E-state index in [0.29, 0.717) is 0 Å². The fourth-order valence-corrected chi connectivity index (χ4v) is 2.96. The molecule has 106 valence electrons. The zero-order chi connectivity index (χ0) is 14.7. The topological polar surface area (TPSA) is 41.1 Å². The van der Waals surface area contributed by atoms with Crippen LogP contribution in [-0.2, 0) is 0 Å². The number of nitrogens with one attached hydrogen (secondary N) is 1. The molecule has 6 heteroatoms. The Kier molecular flexibility index (Phi) is 4.83. The van der Waals surface area contributed by atoms with Crippen LogP contribution in [0, 0.1) is 0 Å². The fourth-order valence-electron chi connectivity index (χ4n) is 1.99. The van der Waals surface area contributed by atoms with Crippen molar-refractivity contribution in [2.24, 2.45) is 0 Å². The zero-order valence-electron chi connectivity index (χ0n) is 11.6. The Morgan fingerprint density at radius 3 is 2.65 bits per heavy atom. The molecule has 2 aromatic rings. The molecule has 0 fully saturated rings. The van der Waals surface area contributed by atoms with Crippen LogP contribution < -0.4 is 10.2 Å². The van der Waals surface area contributed by atoms with E-state index in [1.807, 2.05) is 38.4 Å². The van der Waals surface area contributed by atoms with Crippen molar-refractivity contribution in [2.45, 2.75) is 13.0 Å². The van der Waals surface area contributed by atoms with E-state index >= 15 is 0 Å². The van der Waals surface area contributed by atoms with E-state index < -0.39 is 0 Å². The molecule has 0 bridgehead atoms. The Labute approximate surface area is 132 Å². The number of hydrogen-bond acceptors (Lipinski definition) is 4. The molecule has 1 heterocycles. The predicted molar refractivity (Wildman–Crippen MR) is 87.5 cm³/mol. The van der Waals surface area contributed by atoms with Crippen LogP contribution in [0.1, 0.15) is 18.5 Å². The first-order valence-corrected chi connectivity index (χ1v) is 7.38. The third-order valence-corrected chi connectivity index (χ3v) is 4.35. The average molecular weight is 356 g/mol. The van der Waals surface area contributed by atoms with Crippen LogP contribution in [0.3, 0.4) is 0 Å². The molecule has 20 heavy (non-hydrogen) atoms. The normalized spacial score (nSPS) is 12.1. The minimum absolute atomic E-state index is 0.0969. The fraction of sp³-hybridized carbons (Fsp3) is 0.286. The van der Waals surface area contributed by atoms with E-state index in [9.17, 15) is 0 Å². The molecule has 1 atom stereocenters. The molecule has 0 saturated carbocycles. The molecule has 0 radical (unpaired) electrons. The van der Waals surface area contributed by atoms with Gasteiger partial charge < -0.3 is 10.2 Å². The predicted octanol–water partition coefficient (Wildman–Crippen LogP) is 4.13. The lowest BCUT2D eigenvalue weighted by atomic mass is 10.1. The second-order valence-corrected chi connectivity index (χ2v) is 5.62. The van der Waals surface area contributed by atoms with Crippen LogP contribution in [0.2, 0.25) is 5.02 Å². The van der Waals surface area contributed by atoms with E-state index in [1.165, 1.54) is 0 Å². The van der Waals surface area contributed by atoms with Gasteiger partial charge in [-0.2, -0.15) is 0 Å². The monoisotopic (exact) mass is 354 g/mol. The van der Waals surface area contributed by atoms with Crippen LogP contribution in [0.4, 0.5) is 11.6 Å². The largest absolute Gasteiger partial charge is 0.372 e. The average Bonchev–Trinajstić information content (AvgIpc) is 2.46. The van der Waals surface area contributed by atoms with Gasteiger partial charge in [-0.25, -0.2) is 9.97 Å². The van der Waals surface area contributed by atoms with Crippen LogP contribution in [0.5, 0.6) is 0 Å². The van der Waals surface area contributed by atoms with E-state index in [-0.39, 0.29) is 6.04 Å². The molecule has 0 spiro atoms. The van der Waals surface area contributed by atoms with Gasteiger partial charge >= 0.3 is 0 Å². The van der Waals surface area contributed by atoms with Crippen LogP contribution in [0.15, 0.2) is 35.1 Å². The molecular formula is C14H16BrClN4. The van der Waals surface area contributed by atoms with Gasteiger partial charge in [-0.05, 0) is 34.5 Å². The summed E-state index contributed by atoms with van der Waals surface area (Å²) in [6, 6.07) is 7.93. The molecular weight excluding hydrogens is 340 g/mol. The standard InChI is InChI=1S/C14H16BrClN4/c1-9(10-6-4-5-7-11(10)16)20(3)14-12(15)13(17-2)18-8-19-14/h4-9H,1-3H3,(H,17,18,19). The number of anilines is 2. The van der Waals surface area contributed by atoms with Crippen molar-refractivity contribution >= 4 is 39.2 Å². The number of aromatic nitrogens is 2. The van der Waals surface area contributed by atoms with Crippen molar-refractivity contribution in [1.82, 2.24) is 9.97 Å². The van der Waals surface area contributed by atoms with Crippen LogP contribution in [-0.4, -0.2) is 24.1 Å². The molecule has 0 aliphatic heterocycles. The Bertz CT molecular complexity index is 605. The number of benzene rings is 1. The molecule has 2 rings (SSSR count). The maximum atomic E-state index is 6.27. The van der Waals surface area contributed by atoms with Gasteiger partial charge in [0.2, 0.25) is 0 Å². The molecule has 1 unspecified atom stereocenters. The highest BCUT2D eigenvalue weighted by atomic mass is 79.9. The third kappa shape index (κ3) is 2.88. The molecule has 4 nitrogen and oxygen atoms in total. The van der Waals surface area contributed by atoms with Crippen LogP contribution in [0.25, 0.3) is 0 Å². The molecule has 0 amide bonds. The second kappa shape index (κ2) is 6.41. The van der Waals surface area contributed by atoms with Gasteiger partial charge in [-0.15, -0.1) is 0 Å². The van der Waals surface area contributed by atoms with Gasteiger partial charge in [0, 0.05) is 19.1 Å². The van der Waals surface area contributed by atoms with Crippen molar-refractivity contribution in [3.05, 3.63) is 45.7 Å². The summed E-state index contributed by atoms with van der Waals surface area (Å²) in [5, 5.41) is 3.79. The lowest BCUT2D eigenvalue weighted by molar-refractivity contribution is 0.725. The molecule has 1 aromatic carbocycles. The van der Waals surface area contributed by atoms with Gasteiger partial charge in [0.1, 0.15) is 22.4 Å². The summed E-state index contributed by atoms with van der Waals surface area (Å²) in [4.78, 5) is 10.6. The molecule has 0 aliphatic rings. The van der Waals surface area contributed by atoms with Gasteiger partial charge in [0.15, 0.2) is 0 Å². The highest BCUT2D eigenvalue weighted by Gasteiger charge is 2.19. The summed E-state index contributed by atoms with van der Waals surface area (Å²) < 4.78 is 0.837. The van der Waals surface area contributed by atoms with Crippen LogP contribution >= 0.6 is 27.5 Å². The lowest BCUT2D eigenvalue weighted by Gasteiger charge is -2.28. The highest BCUT2D eigenvalue weighted by Crippen LogP contribution is 2.34. The molecule has 0 saturated heterocycles. The summed E-state index contributed by atoms with van der Waals surface area (Å²) in [5.41, 5.74) is 1.06. The summed E-state index contributed by atoms with van der Waals surface area (Å²) in [6.07, 6.45) is 1.54. The van der Waals surface area contributed by atoms with Gasteiger partial charge in [-0.1, -0.05) is 29.8 Å². The number of nitrogens with zero attached hydrogens (tertiary/aromatic N) is 3. The number of hydrogen-bond donors (Lipinski definition) is 1. The highest BCUT2D eigenvalue weighted by molar-refractivity contribution is 9.10. The summed E-state index contributed by atoms with van der Waals surface area (Å²) in [6.45, 7) is 2.09. The summed E-state index contributed by atoms with van der Waals surface area (Å²) in [7, 11) is 3.81. The van der Waals surface area contributed by atoms with E-state index in [0.717, 1.165) is 26.7 Å². The van der Waals surface area contributed by atoms with Crippen molar-refractivity contribution in [2.75, 3.05) is 24.3 Å². The van der Waals surface area contributed by atoms with Crippen molar-refractivity contribution < 1.29 is 0 Å². The zero-order valence-corrected chi connectivity index (χ0v) is 13.9. The second-order valence-electron chi connectivity index (χ2n) is 4.42. The first kappa shape index (κ1) is 15.1. The van der Waals surface area contributed by atoms with Crippen molar-refractivity contribution in [1.29, 1.82) is 0 Å². The lowest BCUT2D eigenvalue weighted by Crippen LogP contribution is -2.23. The number of rotatable bonds is 4. The van der Waals surface area contributed by atoms with E-state index in [2.05, 4.69) is 43.0 Å². The quantitative estimate of drug-likeness (QED) is 0.895. The first-order valence-electron chi connectivity index (χ1n) is 6.21. The maximum Gasteiger partial charge on any atom is 0.148 e. The van der Waals surface area contributed by atoms with Crippen molar-refractivity contribution in [3.8, 4) is 0 Å². The van der Waals surface area contributed by atoms with Gasteiger partial charge in [0.05, 0.1) is 6.04 Å². The Morgan fingerprint density at radius 1 is 1.30 bits per heavy atom. The Balaban J connectivity index is 2.36. The van der Waals surface area contributed by atoms with Gasteiger partial charge in [0.25, 0.3) is 0 Å². The van der Waals surface area contributed by atoms with E-state index in [4.69, 9.17) is 11.6 Å². The molecule has 1 N–H and O–H groups in total. The smallest absolute Gasteiger partial charge is 0.148 e. The van der Waals surface area contributed by atoms with Gasteiger partial charge in [-0.3, -0.25) is 0 Å². The minimum Gasteiger partial charge on any atom is -0.372 e. The van der Waals surface area contributed by atoms with E-state index in [1.54, 1.807) is 6.33 Å². The Morgan fingerprint density at radius 2 is 2.00 bits per heavy atom. The molecule has 1 aromatic heterocycles. The summed E-state index contributed by atoms with van der Waals surface area (Å²) >= 11 is 9.80. The summed E-state index contributed by atoms with van der Waals surface area (Å²) in [5.74, 6) is 1.57. The maximum absolute atomic E-state index is 6.27.